The van der Waals surface area contributed by atoms with E-state index in [4.69, 9.17) is 10.4 Å². The summed E-state index contributed by atoms with van der Waals surface area (Å²) in [6.07, 6.45) is 0.500. The molecule has 1 radical (unpaired) electrons. The van der Waals surface area contributed by atoms with Gasteiger partial charge in [0.25, 0.3) is 0 Å². The molecule has 0 fully saturated rings. The predicted molar refractivity (Wildman–Crippen MR) is 17.6 cm³/mol. The first-order chi connectivity index (χ1) is 2.41. The number of nitrogens with zero attached hydrogens (tertiary/aromatic N) is 1. The maximum Gasteiger partial charge on any atom is 0.339 e. The van der Waals surface area contributed by atoms with Crippen LogP contribution in [0.4, 0.5) is 0 Å². The smallest absolute Gasteiger partial charge is 0.194 e. The van der Waals surface area contributed by atoms with Gasteiger partial charge in [0, 0.05) is 0 Å². The van der Waals surface area contributed by atoms with Crippen LogP contribution >= 0.6 is 0 Å². The van der Waals surface area contributed by atoms with Crippen LogP contribution in [0.2, 0.25) is 0 Å². The molecule has 0 spiro atoms. The highest BCUT2D eigenvalue weighted by molar-refractivity contribution is 4.30. The van der Waals surface area contributed by atoms with Gasteiger partial charge in [0.15, 0.2) is 0 Å². The summed E-state index contributed by atoms with van der Waals surface area (Å²) in [5, 5.41) is 15.0. The van der Waals surface area contributed by atoms with E-state index in [9.17, 15) is 0 Å². The van der Waals surface area contributed by atoms with Crippen LogP contribution in [-0.2, 0) is 5.11 Å². The largest absolute Gasteiger partial charge is 0.339 e. The van der Waals surface area contributed by atoms with Crippen LogP contribution in [0.25, 0.3) is 0 Å². The van der Waals surface area contributed by atoms with Gasteiger partial charge >= 0.3 is 6.26 Å². The van der Waals surface area contributed by atoms with Crippen LogP contribution in [0.1, 0.15) is 0 Å². The highest BCUT2D eigenvalue weighted by atomic mass is 16.2. The Morgan fingerprint density at radius 2 is 1.60 bits per heavy atom. The van der Waals surface area contributed by atoms with Crippen molar-refractivity contribution in [3.8, 4) is 6.26 Å². The van der Waals surface area contributed by atoms with Crippen molar-refractivity contribution in [1.29, 1.82) is 5.26 Å². The summed E-state index contributed by atoms with van der Waals surface area (Å²) in [6.45, 7) is 6.00. The first-order valence-electron chi connectivity index (χ1n) is 0.928. The second kappa shape index (κ2) is 13900. The average Bonchev–Trinajstić information content (AvgIpc) is 1.46. The molecule has 0 aliphatic rings. The molecule has 0 aromatic rings. The van der Waals surface area contributed by atoms with E-state index in [1.807, 2.05) is 0 Å². The highest BCUT2D eigenvalue weighted by Gasteiger charge is 1.26. The Labute approximate surface area is 31.0 Å². The third-order valence-corrected chi connectivity index (χ3v) is 0. The van der Waals surface area contributed by atoms with Crippen molar-refractivity contribution in [2.45, 2.75) is 0 Å². The molecule has 0 heterocycles. The number of nitriles is 1. The summed E-state index contributed by atoms with van der Waals surface area (Å²) in [5.41, 5.74) is 0. The number of hydrogen-bond donors (Lipinski definition) is 0. The van der Waals surface area contributed by atoms with Gasteiger partial charge < -0.3 is 0 Å². The molecular weight excluding hydrogens is 66.0 g/mol. The summed E-state index contributed by atoms with van der Waals surface area (Å²) < 4.78 is 0. The summed E-state index contributed by atoms with van der Waals surface area (Å²) in [5.74, 6) is 0. The van der Waals surface area contributed by atoms with Crippen molar-refractivity contribution in [2.24, 2.45) is 0 Å². The molecule has 5 heavy (non-hydrogen) atoms. The Morgan fingerprint density at radius 1 is 1.60 bits per heavy atom. The topological polar surface area (TPSA) is 43.7 Å². The molecule has 0 aromatic heterocycles. The average molecular weight is 70.1 g/mol. The Bertz CT molecular complexity index is 36.6. The Hall–Kier alpha value is -0.970. The molecular formula is C3H4NO. The molecule has 0 saturated heterocycles. The first-order valence-corrected chi connectivity index (χ1v) is 0.928. The van der Waals surface area contributed by atoms with E-state index in [1.54, 1.807) is 0 Å². The zero-order valence-corrected chi connectivity index (χ0v) is 2.77. The van der Waals surface area contributed by atoms with Gasteiger partial charge in [-0.2, -0.15) is 5.11 Å². The second-order valence-electron chi connectivity index (χ2n) is 0.0913. The third-order valence-electron chi connectivity index (χ3n) is 0. The quantitative estimate of drug-likeness (QED) is 0.305. The van der Waals surface area contributed by atoms with Crippen LogP contribution in [0, 0.1) is 11.5 Å². The molecule has 0 unspecified atom stereocenters. The molecule has 0 atom stereocenters. The van der Waals surface area contributed by atoms with Gasteiger partial charge in [0.05, 0.1) is 0 Å². The van der Waals surface area contributed by atoms with Crippen LogP contribution in [-0.4, -0.2) is 0 Å². The Morgan fingerprint density at radius 3 is 1.60 bits per heavy atom. The Kier molecular flexibility index (Phi) is 24900. The van der Waals surface area contributed by atoms with Gasteiger partial charge in [0.1, 0.15) is 0 Å². The van der Waals surface area contributed by atoms with Crippen molar-refractivity contribution in [3.63, 3.8) is 0 Å². The molecule has 0 bridgehead atoms. The molecule has 0 amide bonds. The van der Waals surface area contributed by atoms with E-state index in [0.717, 1.165) is 0 Å². The van der Waals surface area contributed by atoms with Gasteiger partial charge in [-0.15, -0.1) is 18.4 Å². The van der Waals surface area contributed by atoms with E-state index in [1.165, 1.54) is 0 Å². The maximum absolute atomic E-state index is 8.24. The SMILES string of the molecule is C=C.N#C[O]. The molecule has 27 valence electrons. The van der Waals surface area contributed by atoms with Gasteiger partial charge in [-0.3, -0.25) is 0 Å². The zero-order valence-electron chi connectivity index (χ0n) is 2.77. The fourth-order valence-corrected chi connectivity index (χ4v) is 0. The number of hydrogen-bond acceptors (Lipinski definition) is 1. The van der Waals surface area contributed by atoms with Crippen molar-refractivity contribution >= 4 is 0 Å². The fourth-order valence-electron chi connectivity index (χ4n) is 0. The first kappa shape index (κ1) is 8.98. The van der Waals surface area contributed by atoms with Crippen LogP contribution in [0.5, 0.6) is 0 Å². The van der Waals surface area contributed by atoms with Gasteiger partial charge in [0.2, 0.25) is 0 Å². The highest BCUT2D eigenvalue weighted by Crippen LogP contribution is 1.12. The third kappa shape index (κ3) is 3.42. The lowest BCUT2D eigenvalue weighted by atomic mass is 11.3. The molecule has 0 aromatic carbocycles. The van der Waals surface area contributed by atoms with Gasteiger partial charge in [-0.25, -0.2) is 0 Å². The van der Waals surface area contributed by atoms with Crippen molar-refractivity contribution < 1.29 is 5.11 Å². The molecule has 0 saturated carbocycles. The summed E-state index contributed by atoms with van der Waals surface area (Å²) >= 11 is 0. The molecule has 2 nitrogen and oxygen atoms in total. The van der Waals surface area contributed by atoms with E-state index in [0.29, 0.717) is 6.26 Å². The summed E-state index contributed by atoms with van der Waals surface area (Å²) in [7, 11) is 0. The molecule has 0 aliphatic heterocycles. The fraction of sp³-hybridized carbons (Fsp3) is 0. The van der Waals surface area contributed by atoms with Crippen molar-refractivity contribution in [3.05, 3.63) is 13.2 Å². The lowest BCUT2D eigenvalue weighted by molar-refractivity contribution is 0.380. The van der Waals surface area contributed by atoms with Crippen LogP contribution < -0.4 is 0 Å². The van der Waals surface area contributed by atoms with Gasteiger partial charge in [-0.05, 0) is 0 Å². The maximum atomic E-state index is 8.24. The van der Waals surface area contributed by atoms with Crippen LogP contribution in [0.3, 0.4) is 0 Å². The monoisotopic (exact) mass is 70.0 g/mol. The van der Waals surface area contributed by atoms with E-state index in [2.05, 4.69) is 13.2 Å². The van der Waals surface area contributed by atoms with Crippen molar-refractivity contribution in [2.75, 3.05) is 0 Å². The lowest BCUT2D eigenvalue weighted by Crippen LogP contribution is -1.20. The molecule has 2 heteroatoms. The van der Waals surface area contributed by atoms with Gasteiger partial charge in [-0.1, -0.05) is 0 Å². The lowest BCUT2D eigenvalue weighted by Gasteiger charge is -1.10. The van der Waals surface area contributed by atoms with E-state index in [-0.39, 0.29) is 0 Å². The normalized spacial score (nSPS) is 2.20. The Balaban J connectivity index is 0. The van der Waals surface area contributed by atoms with E-state index < -0.39 is 0 Å². The minimum Gasteiger partial charge on any atom is -0.194 e. The summed E-state index contributed by atoms with van der Waals surface area (Å²) in [4.78, 5) is 0. The summed E-state index contributed by atoms with van der Waals surface area (Å²) in [6, 6.07) is 0. The minimum absolute atomic E-state index is 0.500. The zero-order chi connectivity index (χ0) is 4.71. The minimum atomic E-state index is 0.500. The molecule has 0 N–H and O–H groups in total. The van der Waals surface area contributed by atoms with Crippen molar-refractivity contribution in [1.82, 2.24) is 0 Å². The molecule has 0 rings (SSSR count). The van der Waals surface area contributed by atoms with Crippen LogP contribution in [0.15, 0.2) is 13.2 Å². The van der Waals surface area contributed by atoms with E-state index >= 15 is 0 Å². The molecule has 0 aliphatic carbocycles. The predicted octanol–water partition coefficient (Wildman–Crippen LogP) is 0.700. The standard InChI is InChI=1S/C2H4.CNO/c1-2;2-1-3/h1-2H2;. The number of rotatable bonds is 0. The second-order valence-corrected chi connectivity index (χ2v) is 0.0913.